The number of anilines is 1. The molecule has 0 radical (unpaired) electrons. The van der Waals surface area contributed by atoms with E-state index < -0.39 is 26.6 Å². The van der Waals surface area contributed by atoms with Crippen LogP contribution in [0.1, 0.15) is 5.56 Å². The van der Waals surface area contributed by atoms with E-state index >= 15 is 0 Å². The number of sulfonamides is 1. The maximum atomic E-state index is 13.7. The summed E-state index contributed by atoms with van der Waals surface area (Å²) in [6, 6.07) is 8.63. The highest BCUT2D eigenvalue weighted by molar-refractivity contribution is 7.92. The van der Waals surface area contributed by atoms with E-state index in [4.69, 9.17) is 23.2 Å². The summed E-state index contributed by atoms with van der Waals surface area (Å²) >= 11 is 11.8. The topological polar surface area (TPSA) is 64.0 Å². The maximum absolute atomic E-state index is 13.7. The van der Waals surface area contributed by atoms with Crippen LogP contribution in [-0.2, 0) is 16.6 Å². The van der Waals surface area contributed by atoms with Gasteiger partial charge in [-0.25, -0.2) is 17.2 Å². The molecular weight excluding hydrogens is 407 g/mol. The van der Waals surface area contributed by atoms with Crippen molar-refractivity contribution in [1.82, 2.24) is 9.78 Å². The van der Waals surface area contributed by atoms with Crippen molar-refractivity contribution in [3.05, 3.63) is 75.9 Å². The number of rotatable bonds is 5. The fourth-order valence-electron chi connectivity index (χ4n) is 2.21. The Hall–Kier alpha value is -2.16. The first-order valence-corrected chi connectivity index (χ1v) is 9.44. The first-order valence-electron chi connectivity index (χ1n) is 7.20. The molecule has 0 atom stereocenters. The molecule has 0 unspecified atom stereocenters. The Labute approximate surface area is 158 Å². The highest BCUT2D eigenvalue weighted by Crippen LogP contribution is 2.23. The quantitative estimate of drug-likeness (QED) is 0.672. The number of benzene rings is 2. The second kappa shape index (κ2) is 7.22. The Kier molecular flexibility index (Phi) is 5.17. The predicted octanol–water partition coefficient (Wildman–Crippen LogP) is 4.32. The van der Waals surface area contributed by atoms with Gasteiger partial charge in [-0.3, -0.25) is 9.40 Å². The number of nitrogens with one attached hydrogen (secondary N) is 1. The second-order valence-electron chi connectivity index (χ2n) is 5.33. The highest BCUT2D eigenvalue weighted by Gasteiger charge is 2.21. The number of halogens is 4. The molecule has 0 spiro atoms. The lowest BCUT2D eigenvalue weighted by molar-refractivity contribution is 0.555. The Morgan fingerprint density at radius 3 is 2.54 bits per heavy atom. The first kappa shape index (κ1) is 18.6. The summed E-state index contributed by atoms with van der Waals surface area (Å²) in [6.07, 6.45) is 1.53. The van der Waals surface area contributed by atoms with Crippen molar-refractivity contribution in [2.45, 2.75) is 11.4 Å². The molecule has 0 aliphatic rings. The van der Waals surface area contributed by atoms with E-state index in [1.165, 1.54) is 16.9 Å². The van der Waals surface area contributed by atoms with Gasteiger partial charge in [0, 0.05) is 12.3 Å². The molecule has 1 aromatic heterocycles. The molecule has 3 aromatic rings. The average molecular weight is 418 g/mol. The molecule has 0 aliphatic carbocycles. The van der Waals surface area contributed by atoms with Gasteiger partial charge in [0.2, 0.25) is 0 Å². The third-order valence-corrected chi connectivity index (χ3v) is 5.50. The lowest BCUT2D eigenvalue weighted by Crippen LogP contribution is -2.15. The van der Waals surface area contributed by atoms with Crippen LogP contribution in [0, 0.1) is 11.6 Å². The minimum atomic E-state index is -4.32. The number of aromatic nitrogens is 2. The van der Waals surface area contributed by atoms with Crippen LogP contribution in [0.25, 0.3) is 0 Å². The zero-order valence-corrected chi connectivity index (χ0v) is 15.3. The largest absolute Gasteiger partial charge is 0.266 e. The van der Waals surface area contributed by atoms with Crippen molar-refractivity contribution >= 4 is 39.0 Å². The van der Waals surface area contributed by atoms with E-state index in [0.717, 1.165) is 17.7 Å². The van der Waals surface area contributed by atoms with Crippen LogP contribution in [0.2, 0.25) is 10.0 Å². The van der Waals surface area contributed by atoms with Crippen molar-refractivity contribution in [1.29, 1.82) is 0 Å². The highest BCUT2D eigenvalue weighted by atomic mass is 35.5. The fourth-order valence-corrected chi connectivity index (χ4v) is 3.61. The molecule has 0 saturated carbocycles. The van der Waals surface area contributed by atoms with Crippen LogP contribution in [0.4, 0.5) is 14.6 Å². The van der Waals surface area contributed by atoms with Gasteiger partial charge in [-0.1, -0.05) is 29.3 Å². The van der Waals surface area contributed by atoms with Crippen molar-refractivity contribution in [2.75, 3.05) is 4.72 Å². The third-order valence-electron chi connectivity index (χ3n) is 3.39. The standard InChI is InChI=1S/C16H11Cl2F2N3O2S/c17-12-3-1-10(7-13(12)18)9-23-6-5-16(21-23)22-26(24,25)15-8-11(19)2-4-14(15)20/h1-8H,9H2,(H,21,22). The average Bonchev–Trinajstić information content (AvgIpc) is 2.99. The lowest BCUT2D eigenvalue weighted by atomic mass is 10.2. The summed E-state index contributed by atoms with van der Waals surface area (Å²) in [5.41, 5.74) is 0.799. The second-order valence-corrected chi connectivity index (χ2v) is 7.79. The van der Waals surface area contributed by atoms with Crippen molar-refractivity contribution < 1.29 is 17.2 Å². The van der Waals surface area contributed by atoms with Gasteiger partial charge in [0.25, 0.3) is 10.0 Å². The van der Waals surface area contributed by atoms with Crippen LogP contribution in [-0.4, -0.2) is 18.2 Å². The van der Waals surface area contributed by atoms with Crippen LogP contribution >= 0.6 is 23.2 Å². The molecule has 3 rings (SSSR count). The molecule has 0 amide bonds. The summed E-state index contributed by atoms with van der Waals surface area (Å²) in [6.45, 7) is 0.312. The van der Waals surface area contributed by atoms with Crippen molar-refractivity contribution in [3.63, 3.8) is 0 Å². The Morgan fingerprint density at radius 2 is 1.81 bits per heavy atom. The van der Waals surface area contributed by atoms with Gasteiger partial charge in [-0.2, -0.15) is 5.10 Å². The van der Waals surface area contributed by atoms with E-state index in [2.05, 4.69) is 9.82 Å². The minimum Gasteiger partial charge on any atom is -0.266 e. The monoisotopic (exact) mass is 417 g/mol. The molecule has 0 saturated heterocycles. The normalized spacial score (nSPS) is 11.5. The smallest absolute Gasteiger partial charge is 0.266 e. The van der Waals surface area contributed by atoms with Gasteiger partial charge in [0.15, 0.2) is 5.82 Å². The summed E-state index contributed by atoms with van der Waals surface area (Å²) < 4.78 is 54.9. The van der Waals surface area contributed by atoms with Crippen LogP contribution in [0.5, 0.6) is 0 Å². The molecule has 0 fully saturated rings. The molecule has 2 aromatic carbocycles. The Bertz CT molecular complexity index is 1070. The lowest BCUT2D eigenvalue weighted by Gasteiger charge is -2.07. The molecule has 0 bridgehead atoms. The fraction of sp³-hybridized carbons (Fsp3) is 0.0625. The minimum absolute atomic E-state index is 0.0336. The van der Waals surface area contributed by atoms with E-state index in [9.17, 15) is 17.2 Å². The van der Waals surface area contributed by atoms with Crippen LogP contribution in [0.3, 0.4) is 0 Å². The molecule has 26 heavy (non-hydrogen) atoms. The maximum Gasteiger partial charge on any atom is 0.266 e. The molecule has 5 nitrogen and oxygen atoms in total. The summed E-state index contributed by atoms with van der Waals surface area (Å²) in [4.78, 5) is -0.795. The zero-order chi connectivity index (χ0) is 18.9. The van der Waals surface area contributed by atoms with Gasteiger partial charge in [-0.05, 0) is 35.9 Å². The summed E-state index contributed by atoms with van der Waals surface area (Å²) in [5, 5.41) is 4.86. The number of hydrogen-bond donors (Lipinski definition) is 1. The van der Waals surface area contributed by atoms with Gasteiger partial charge in [0.1, 0.15) is 16.5 Å². The van der Waals surface area contributed by atoms with Gasteiger partial charge >= 0.3 is 0 Å². The van der Waals surface area contributed by atoms with Crippen molar-refractivity contribution in [3.8, 4) is 0 Å². The molecule has 136 valence electrons. The zero-order valence-electron chi connectivity index (χ0n) is 13.0. The summed E-state index contributed by atoms with van der Waals surface area (Å²) in [5.74, 6) is -1.96. The van der Waals surface area contributed by atoms with E-state index in [-0.39, 0.29) is 5.82 Å². The van der Waals surface area contributed by atoms with Gasteiger partial charge in [-0.15, -0.1) is 0 Å². The third kappa shape index (κ3) is 4.14. The molecular formula is C16H11Cl2F2N3O2S. The molecule has 1 N–H and O–H groups in total. The predicted molar refractivity (Wildman–Crippen MR) is 95.0 cm³/mol. The van der Waals surface area contributed by atoms with E-state index in [0.29, 0.717) is 22.7 Å². The Morgan fingerprint density at radius 1 is 1.04 bits per heavy atom. The number of nitrogens with zero attached hydrogens (tertiary/aromatic N) is 2. The first-order chi connectivity index (χ1) is 12.2. The molecule has 10 heteroatoms. The van der Waals surface area contributed by atoms with Gasteiger partial charge < -0.3 is 0 Å². The molecule has 0 aliphatic heterocycles. The van der Waals surface area contributed by atoms with E-state index in [1.54, 1.807) is 18.2 Å². The van der Waals surface area contributed by atoms with Crippen LogP contribution < -0.4 is 4.72 Å². The van der Waals surface area contributed by atoms with E-state index in [1.807, 2.05) is 0 Å². The van der Waals surface area contributed by atoms with Crippen molar-refractivity contribution in [2.24, 2.45) is 0 Å². The molecule has 1 heterocycles. The summed E-state index contributed by atoms with van der Waals surface area (Å²) in [7, 11) is -4.32. The number of hydrogen-bond acceptors (Lipinski definition) is 3. The Balaban J connectivity index is 1.79. The SMILES string of the molecule is O=S(=O)(Nc1ccn(Cc2ccc(Cl)c(Cl)c2)n1)c1cc(F)ccc1F. The van der Waals surface area contributed by atoms with Gasteiger partial charge in [0.05, 0.1) is 16.6 Å². The van der Waals surface area contributed by atoms with Crippen LogP contribution in [0.15, 0.2) is 53.6 Å².